The van der Waals surface area contributed by atoms with Crippen LogP contribution in [-0.4, -0.2) is 64.0 Å². The molecule has 5 heterocycles. The summed E-state index contributed by atoms with van der Waals surface area (Å²) >= 11 is 4.99. The SMILES string of the molecule is C.C1CCOC1.CCBr.CCn1c[n+](CC)c2c1CCCC2.CCn1c[n+](CC)c2c1CCCC2.CCn1cnc2c1CCCC2.O=S(=O)(F)NS(=O)(=O)F.S.SI.[Br-].[F-].[K+].c1nc2c([nH]1)CCCC2. The second kappa shape index (κ2) is 43.6. The third kappa shape index (κ3) is 28.6. The molecule has 0 spiro atoms. The quantitative estimate of drug-likeness (QED) is 0.0616. The van der Waals surface area contributed by atoms with Crippen LogP contribution in [0, 0.1) is 0 Å². The van der Waals surface area contributed by atoms with Gasteiger partial charge in [-0.2, -0.15) is 30.3 Å². The van der Waals surface area contributed by atoms with Gasteiger partial charge in [-0.15, -0.1) is 9.80 Å². The van der Waals surface area contributed by atoms with E-state index in [9.17, 15) is 24.6 Å². The summed E-state index contributed by atoms with van der Waals surface area (Å²) in [4.78, 5) is 11.7. The molecule has 0 saturated carbocycles. The van der Waals surface area contributed by atoms with E-state index >= 15 is 0 Å². The summed E-state index contributed by atoms with van der Waals surface area (Å²) in [6.45, 7) is 20.7. The van der Waals surface area contributed by atoms with Crippen molar-refractivity contribution in [2.45, 2.75) is 197 Å². The number of rotatable bonds is 7. The molecule has 2 N–H and O–H groups in total. The number of ether oxygens (including phenoxy) is 1. The van der Waals surface area contributed by atoms with Crippen LogP contribution in [0.4, 0.5) is 7.77 Å². The number of aryl methyl sites for hydroxylation is 8. The predicted octanol–water partition coefficient (Wildman–Crippen LogP) is 0.688. The van der Waals surface area contributed by atoms with Crippen molar-refractivity contribution in [1.29, 1.82) is 0 Å². The number of fused-ring (bicyclic) bond motifs is 4. The summed E-state index contributed by atoms with van der Waals surface area (Å²) in [7, 11) is -7.49. The molecule has 0 amide bonds. The molecule has 0 unspecified atom stereocenters. The van der Waals surface area contributed by atoms with Crippen LogP contribution in [0.15, 0.2) is 25.3 Å². The number of aromatic amines is 1. The fourth-order valence-corrected chi connectivity index (χ4v) is 9.45. The second-order valence-electron chi connectivity index (χ2n) is 15.8. The summed E-state index contributed by atoms with van der Waals surface area (Å²) in [5.41, 5.74) is 11.9. The zero-order valence-corrected chi connectivity index (χ0v) is 53.9. The molecule has 1 aliphatic heterocycles. The van der Waals surface area contributed by atoms with E-state index in [4.69, 9.17) is 4.74 Å². The van der Waals surface area contributed by atoms with Gasteiger partial charge in [-0.25, -0.2) is 28.2 Å². The average Bonchev–Trinajstić information content (AvgIpc) is 4.17. The zero-order chi connectivity index (χ0) is 48.3. The van der Waals surface area contributed by atoms with E-state index in [0.29, 0.717) is 0 Å². The van der Waals surface area contributed by atoms with Gasteiger partial charge in [0, 0.05) is 62.2 Å². The van der Waals surface area contributed by atoms with Crippen molar-refractivity contribution in [1.82, 2.24) is 32.8 Å². The standard InChI is InChI=1S/2C11H19N2.C9H14N2.C7H10N2.C4H8O.C2H5Br.CH4.BrH.F2HNO4S2.FH.HIS.K.H2S/c2*1-3-12-9-13(4-2)11-8-6-5-7-10(11)12;1-2-11-7-10-8-5-3-4-6-9(8)11;1-2-4-7-6(3-1)8-5-9-7;1-2-4-5-3-1;1-2-3;;;1-8(4,5)3-9(2,6)7;;1-2;;/h2*9H,3-8H2,1-2H3;7H,2-6H2,1H3;5H,1-4H2,(H,8,9);1-4H2;2H2,1H3;1H4;1H;3H;1H;2H;;1H2/q2*+1;;;;;;;;;;+1;/p-2. The van der Waals surface area contributed by atoms with Crippen LogP contribution in [0.5, 0.6) is 0 Å². The Hall–Kier alpha value is 0.476. The van der Waals surface area contributed by atoms with Crippen LogP contribution in [0.2, 0.25) is 0 Å². The molecular weight excluding hydrogens is 1260 g/mol. The molecule has 0 radical (unpaired) electrons. The smallest absolute Gasteiger partial charge is 1.00 e. The number of hydrogen-bond donors (Lipinski definition) is 3. The summed E-state index contributed by atoms with van der Waals surface area (Å²) in [6.07, 6.45) is 31.7. The van der Waals surface area contributed by atoms with Crippen molar-refractivity contribution in [2.24, 2.45) is 0 Å². The largest absolute Gasteiger partial charge is 1.00 e. The van der Waals surface area contributed by atoms with Crippen LogP contribution in [0.25, 0.3) is 0 Å². The topological polar surface area (TPSA) is 154 Å². The van der Waals surface area contributed by atoms with Crippen molar-refractivity contribution in [2.75, 3.05) is 18.5 Å². The van der Waals surface area contributed by atoms with Gasteiger partial charge in [0.2, 0.25) is 12.7 Å². The summed E-state index contributed by atoms with van der Waals surface area (Å²) in [6, 6.07) is 0. The molecule has 5 aliphatic rings. The molecule has 70 heavy (non-hydrogen) atoms. The minimum absolute atomic E-state index is 0. The number of aromatic nitrogens is 8. The van der Waals surface area contributed by atoms with E-state index < -0.39 is 20.8 Å². The van der Waals surface area contributed by atoms with Gasteiger partial charge in [0.05, 0.1) is 50.2 Å². The molecule has 14 nitrogen and oxygen atoms in total. The number of alkyl halides is 1. The summed E-state index contributed by atoms with van der Waals surface area (Å²) < 4.78 is 76.2. The van der Waals surface area contributed by atoms with Crippen molar-refractivity contribution in [3.05, 3.63) is 70.9 Å². The van der Waals surface area contributed by atoms with Crippen LogP contribution in [0.3, 0.4) is 0 Å². The van der Waals surface area contributed by atoms with Gasteiger partial charge >= 0.3 is 72.2 Å². The maximum atomic E-state index is 11.1. The van der Waals surface area contributed by atoms with Gasteiger partial charge in [-0.1, -0.05) is 42.2 Å². The first-order chi connectivity index (χ1) is 31.2. The molecule has 404 valence electrons. The number of imidazole rings is 4. The van der Waals surface area contributed by atoms with Gasteiger partial charge in [0.1, 0.15) is 22.8 Å². The van der Waals surface area contributed by atoms with Gasteiger partial charge in [0.25, 0.3) is 0 Å². The van der Waals surface area contributed by atoms with Gasteiger partial charge in [0.15, 0.2) is 0 Å². The maximum absolute atomic E-state index is 11.1. The fourth-order valence-electron chi connectivity index (χ4n) is 8.50. The molecule has 0 bridgehead atoms. The van der Waals surface area contributed by atoms with Crippen molar-refractivity contribution in [3.8, 4) is 0 Å². The van der Waals surface area contributed by atoms with E-state index in [-0.39, 0.29) is 98.1 Å². The molecule has 1 fully saturated rings. The first-order valence-corrected chi connectivity index (χ1v) is 30.6. The number of hydrogen-bond acceptors (Lipinski definition) is 8. The third-order valence-corrected chi connectivity index (χ3v) is 13.1. The average molecular weight is 1340 g/mol. The first-order valence-electron chi connectivity index (χ1n) is 23.5. The van der Waals surface area contributed by atoms with E-state index in [1.807, 2.05) is 34.5 Å². The van der Waals surface area contributed by atoms with Crippen LogP contribution in [-0.2, 0) is 110 Å². The van der Waals surface area contributed by atoms with E-state index in [1.54, 1.807) is 29.1 Å². The third-order valence-electron chi connectivity index (χ3n) is 11.5. The van der Waals surface area contributed by atoms with Crippen LogP contribution < -0.4 is 86.3 Å². The van der Waals surface area contributed by atoms with E-state index in [0.717, 1.165) is 51.3 Å². The van der Waals surface area contributed by atoms with Crippen LogP contribution in [0.1, 0.15) is 159 Å². The zero-order valence-electron chi connectivity index (χ0n) is 41.9. The minimum Gasteiger partial charge on any atom is -1.00 e. The van der Waals surface area contributed by atoms with Crippen molar-refractivity contribution < 1.29 is 112 Å². The monoisotopic (exact) mass is 1340 g/mol. The Labute approximate surface area is 506 Å². The number of nitrogens with one attached hydrogen (secondary N) is 2. The normalized spacial score (nSPS) is 14.5. The number of nitrogens with zero attached hydrogens (tertiary/aromatic N) is 7. The molecular formula is C45H83Br2F3IKN9O5S4+. The van der Waals surface area contributed by atoms with Gasteiger partial charge in [-0.3, -0.25) is 0 Å². The fraction of sp³-hybridized carbons (Fsp3) is 0.733. The van der Waals surface area contributed by atoms with E-state index in [1.165, 1.54) is 138 Å². The molecule has 4 aliphatic carbocycles. The number of halogens is 6. The van der Waals surface area contributed by atoms with Crippen molar-refractivity contribution in [3.63, 3.8) is 0 Å². The Morgan fingerprint density at radius 3 is 1.41 bits per heavy atom. The molecule has 4 aromatic heterocycles. The van der Waals surface area contributed by atoms with Gasteiger partial charge in [-0.05, 0) is 146 Å². The number of H-pyrrole nitrogens is 1. The predicted molar refractivity (Wildman–Crippen MR) is 288 cm³/mol. The van der Waals surface area contributed by atoms with Crippen molar-refractivity contribution >= 4 is 81.2 Å². The van der Waals surface area contributed by atoms with Crippen LogP contribution >= 0.6 is 60.4 Å². The Morgan fingerprint density at radius 1 is 0.671 bits per heavy atom. The Balaban J connectivity index is -0.000000367. The molecule has 4 aromatic rings. The molecule has 1 saturated heterocycles. The first kappa shape index (κ1) is 77.0. The Morgan fingerprint density at radius 2 is 1.06 bits per heavy atom. The molecule has 9 rings (SSSR count). The minimum atomic E-state index is -5.49. The molecule has 0 aromatic carbocycles. The maximum Gasteiger partial charge on any atom is 1.00 e. The second-order valence-corrected chi connectivity index (χ2v) is 19.3. The molecule has 0 atom stereocenters. The Bertz CT molecular complexity index is 1980. The summed E-state index contributed by atoms with van der Waals surface area (Å²) in [5.74, 6) is 0. The van der Waals surface area contributed by atoms with Gasteiger partial charge < -0.3 is 36.0 Å². The summed E-state index contributed by atoms with van der Waals surface area (Å²) in [5, 5.41) is 1.06. The number of thiol groups is 1. The Kier molecular flexibility index (Phi) is 47.9. The van der Waals surface area contributed by atoms with E-state index in [2.05, 4.69) is 111 Å². The molecule has 25 heteroatoms.